The molecule has 4 nitrogen and oxygen atoms in total. The summed E-state index contributed by atoms with van der Waals surface area (Å²) < 4.78 is 40.2. The minimum Gasteiger partial charge on any atom is -0.505 e. The Labute approximate surface area is 155 Å². The third-order valence-electron chi connectivity index (χ3n) is 4.08. The lowest BCUT2D eigenvalue weighted by molar-refractivity contribution is -0.137. The summed E-state index contributed by atoms with van der Waals surface area (Å²) in [7, 11) is 1.82. The van der Waals surface area contributed by atoms with Gasteiger partial charge in [0.05, 0.1) is 11.9 Å². The standard InChI is InChI=1S/C18H19ClF3N3O/c1-5-25(4)9-24-15-10(2)8-12(11(3)16(15)26)14-13(18(20,21)22)6-7-23-17(14)19/h6-9,26H,5H2,1-4H3. The van der Waals surface area contributed by atoms with Crippen molar-refractivity contribution in [3.05, 3.63) is 40.2 Å². The van der Waals surface area contributed by atoms with Crippen LogP contribution in [-0.2, 0) is 6.18 Å². The molecule has 0 aliphatic carbocycles. The van der Waals surface area contributed by atoms with E-state index in [1.165, 1.54) is 13.0 Å². The van der Waals surface area contributed by atoms with E-state index < -0.39 is 11.7 Å². The van der Waals surface area contributed by atoms with Crippen LogP contribution in [0.5, 0.6) is 5.75 Å². The van der Waals surface area contributed by atoms with Crippen LogP contribution >= 0.6 is 11.6 Å². The van der Waals surface area contributed by atoms with Crippen LogP contribution in [0, 0.1) is 13.8 Å². The third-order valence-corrected chi connectivity index (χ3v) is 4.37. The van der Waals surface area contributed by atoms with Gasteiger partial charge in [0.25, 0.3) is 0 Å². The zero-order valence-corrected chi connectivity index (χ0v) is 15.6. The van der Waals surface area contributed by atoms with Gasteiger partial charge in [0.2, 0.25) is 0 Å². The highest BCUT2D eigenvalue weighted by Gasteiger charge is 2.35. The Morgan fingerprint density at radius 2 is 2.00 bits per heavy atom. The number of aliphatic imine (C=N–C) groups is 1. The second-order valence-corrected chi connectivity index (χ2v) is 6.26. The van der Waals surface area contributed by atoms with E-state index in [1.807, 2.05) is 18.9 Å². The summed E-state index contributed by atoms with van der Waals surface area (Å²) in [6.45, 7) is 5.85. The van der Waals surface area contributed by atoms with E-state index in [0.29, 0.717) is 11.3 Å². The number of phenols is 1. The maximum atomic E-state index is 13.4. The van der Waals surface area contributed by atoms with Crippen molar-refractivity contribution in [2.45, 2.75) is 26.9 Å². The molecule has 0 unspecified atom stereocenters. The van der Waals surface area contributed by atoms with Crippen LogP contribution in [0.3, 0.4) is 0 Å². The summed E-state index contributed by atoms with van der Waals surface area (Å²) in [6, 6.07) is 2.40. The average molecular weight is 386 g/mol. The summed E-state index contributed by atoms with van der Waals surface area (Å²) in [5.41, 5.74) is 0.104. The van der Waals surface area contributed by atoms with E-state index in [-0.39, 0.29) is 27.6 Å². The molecule has 0 aliphatic rings. The number of phenolic OH excluding ortho intramolecular Hbond substituents is 1. The van der Waals surface area contributed by atoms with Crippen molar-refractivity contribution in [3.63, 3.8) is 0 Å². The predicted octanol–water partition coefficient (Wildman–Crippen LogP) is 5.35. The topological polar surface area (TPSA) is 48.7 Å². The van der Waals surface area contributed by atoms with E-state index in [2.05, 4.69) is 9.98 Å². The molecule has 0 atom stereocenters. The van der Waals surface area contributed by atoms with Crippen LogP contribution in [0.25, 0.3) is 11.1 Å². The summed E-state index contributed by atoms with van der Waals surface area (Å²) in [5, 5.41) is 10.2. The fourth-order valence-electron chi connectivity index (χ4n) is 2.47. The van der Waals surface area contributed by atoms with E-state index in [4.69, 9.17) is 11.6 Å². The molecule has 0 aliphatic heterocycles. The number of pyridine rings is 1. The molecule has 2 rings (SSSR count). The number of nitrogens with zero attached hydrogens (tertiary/aromatic N) is 3. The molecule has 1 aromatic heterocycles. The van der Waals surface area contributed by atoms with Crippen molar-refractivity contribution >= 4 is 23.6 Å². The summed E-state index contributed by atoms with van der Waals surface area (Å²) in [6.07, 6.45) is -2.03. The Hall–Kier alpha value is -2.28. The van der Waals surface area contributed by atoms with Gasteiger partial charge in [-0.05, 0) is 44.0 Å². The molecule has 8 heteroatoms. The first-order valence-electron chi connectivity index (χ1n) is 7.87. The van der Waals surface area contributed by atoms with Crippen LogP contribution in [0.2, 0.25) is 5.15 Å². The maximum Gasteiger partial charge on any atom is 0.417 e. The number of aromatic hydroxyl groups is 1. The molecule has 0 fully saturated rings. The summed E-state index contributed by atoms with van der Waals surface area (Å²) in [4.78, 5) is 9.82. The molecule has 0 saturated carbocycles. The Morgan fingerprint density at radius 3 is 2.58 bits per heavy atom. The minimum absolute atomic E-state index is 0.174. The normalized spacial score (nSPS) is 12.0. The monoisotopic (exact) mass is 385 g/mol. The number of halogens is 4. The second-order valence-electron chi connectivity index (χ2n) is 5.90. The highest BCUT2D eigenvalue weighted by atomic mass is 35.5. The number of aromatic nitrogens is 1. The van der Waals surface area contributed by atoms with Gasteiger partial charge in [-0.1, -0.05) is 11.6 Å². The van der Waals surface area contributed by atoms with Crippen LogP contribution in [-0.4, -0.2) is 34.9 Å². The lowest BCUT2D eigenvalue weighted by atomic mass is 9.94. The van der Waals surface area contributed by atoms with E-state index in [9.17, 15) is 18.3 Å². The maximum absolute atomic E-state index is 13.4. The van der Waals surface area contributed by atoms with Crippen molar-refractivity contribution < 1.29 is 18.3 Å². The van der Waals surface area contributed by atoms with Gasteiger partial charge in [-0.15, -0.1) is 0 Å². The van der Waals surface area contributed by atoms with Crippen LogP contribution in [0.1, 0.15) is 23.6 Å². The Bertz CT molecular complexity index is 851. The number of aryl methyl sites for hydroxylation is 1. The molecule has 0 spiro atoms. The summed E-state index contributed by atoms with van der Waals surface area (Å²) >= 11 is 5.98. The number of hydrogen-bond acceptors (Lipinski definition) is 3. The molecule has 26 heavy (non-hydrogen) atoms. The minimum atomic E-state index is -4.60. The molecule has 1 heterocycles. The fraction of sp³-hybridized carbons (Fsp3) is 0.333. The average Bonchev–Trinajstić information content (AvgIpc) is 2.57. The van der Waals surface area contributed by atoms with Crippen LogP contribution in [0.4, 0.5) is 18.9 Å². The van der Waals surface area contributed by atoms with Crippen molar-refractivity contribution in [1.82, 2.24) is 9.88 Å². The van der Waals surface area contributed by atoms with Gasteiger partial charge >= 0.3 is 6.18 Å². The van der Waals surface area contributed by atoms with Crippen LogP contribution < -0.4 is 0 Å². The second kappa shape index (κ2) is 7.53. The van der Waals surface area contributed by atoms with Gasteiger partial charge in [-0.3, -0.25) is 0 Å². The van der Waals surface area contributed by atoms with Crippen molar-refractivity contribution in [1.29, 1.82) is 0 Å². The zero-order chi connectivity index (χ0) is 19.6. The lowest BCUT2D eigenvalue weighted by Gasteiger charge is -2.18. The van der Waals surface area contributed by atoms with Gasteiger partial charge < -0.3 is 10.0 Å². The number of benzene rings is 1. The van der Waals surface area contributed by atoms with Crippen molar-refractivity contribution in [3.8, 4) is 16.9 Å². The first kappa shape index (κ1) is 20.0. The fourth-order valence-corrected chi connectivity index (χ4v) is 2.73. The first-order valence-corrected chi connectivity index (χ1v) is 8.25. The van der Waals surface area contributed by atoms with E-state index >= 15 is 0 Å². The molecule has 0 amide bonds. The number of alkyl halides is 3. The van der Waals surface area contributed by atoms with Gasteiger partial charge in [0, 0.05) is 30.9 Å². The molecule has 0 bridgehead atoms. The predicted molar refractivity (Wildman–Crippen MR) is 97.3 cm³/mol. The molecular formula is C18H19ClF3N3O. The molecule has 0 radical (unpaired) electrons. The van der Waals surface area contributed by atoms with Gasteiger partial charge in [-0.25, -0.2) is 9.98 Å². The number of hydrogen-bond donors (Lipinski definition) is 1. The third kappa shape index (κ3) is 3.93. The largest absolute Gasteiger partial charge is 0.505 e. The van der Waals surface area contributed by atoms with Crippen molar-refractivity contribution in [2.75, 3.05) is 13.6 Å². The zero-order valence-electron chi connectivity index (χ0n) is 14.8. The smallest absolute Gasteiger partial charge is 0.417 e. The molecular weight excluding hydrogens is 367 g/mol. The van der Waals surface area contributed by atoms with Gasteiger partial charge in [-0.2, -0.15) is 13.2 Å². The highest BCUT2D eigenvalue weighted by Crippen LogP contribution is 2.45. The van der Waals surface area contributed by atoms with Crippen molar-refractivity contribution in [2.24, 2.45) is 4.99 Å². The molecule has 1 aromatic carbocycles. The first-order chi connectivity index (χ1) is 12.1. The van der Waals surface area contributed by atoms with E-state index in [1.54, 1.807) is 13.3 Å². The quantitative estimate of drug-likeness (QED) is 0.438. The van der Waals surface area contributed by atoms with Crippen LogP contribution in [0.15, 0.2) is 23.3 Å². The SMILES string of the molecule is CCN(C)C=Nc1c(C)cc(-c2c(C(F)(F)F)ccnc2Cl)c(C)c1O. The Kier molecular flexibility index (Phi) is 5.81. The molecule has 0 saturated heterocycles. The lowest BCUT2D eigenvalue weighted by Crippen LogP contribution is -2.14. The highest BCUT2D eigenvalue weighted by molar-refractivity contribution is 6.32. The van der Waals surface area contributed by atoms with Gasteiger partial charge in [0.15, 0.2) is 0 Å². The Balaban J connectivity index is 2.70. The number of rotatable bonds is 4. The molecule has 1 N–H and O–H groups in total. The molecule has 2 aromatic rings. The summed E-state index contributed by atoms with van der Waals surface area (Å²) in [5.74, 6) is -0.186. The van der Waals surface area contributed by atoms with E-state index in [0.717, 1.165) is 18.8 Å². The molecule has 140 valence electrons. The van der Waals surface area contributed by atoms with Gasteiger partial charge in [0.1, 0.15) is 16.6 Å². The Morgan fingerprint density at radius 1 is 1.35 bits per heavy atom.